The molecule has 3 heterocycles. The zero-order valence-electron chi connectivity index (χ0n) is 18.4. The molecule has 8 nitrogen and oxygen atoms in total. The van der Waals surface area contributed by atoms with Gasteiger partial charge in [0.05, 0.1) is 35.7 Å². The predicted molar refractivity (Wildman–Crippen MR) is 123 cm³/mol. The Balaban J connectivity index is 1.60. The summed E-state index contributed by atoms with van der Waals surface area (Å²) in [4.78, 5) is 21.0. The third-order valence-corrected chi connectivity index (χ3v) is 6.62. The first kappa shape index (κ1) is 20.9. The molecule has 1 aromatic carbocycles. The summed E-state index contributed by atoms with van der Waals surface area (Å²) in [5, 5.41) is 15.7. The van der Waals surface area contributed by atoms with Crippen molar-refractivity contribution < 1.29 is 14.6 Å². The molecule has 8 heteroatoms. The van der Waals surface area contributed by atoms with Crippen molar-refractivity contribution in [2.75, 3.05) is 51.3 Å². The zero-order valence-corrected chi connectivity index (χ0v) is 18.4. The molecule has 1 N–H and O–H groups in total. The molecule has 2 aliphatic rings. The number of para-hydroxylation sites is 1. The van der Waals surface area contributed by atoms with Gasteiger partial charge in [-0.05, 0) is 31.0 Å². The van der Waals surface area contributed by atoms with E-state index in [1.807, 2.05) is 42.1 Å². The fourth-order valence-electron chi connectivity index (χ4n) is 4.49. The predicted octanol–water partition coefficient (Wildman–Crippen LogP) is 3.15. The quantitative estimate of drug-likeness (QED) is 0.610. The third kappa shape index (κ3) is 3.96. The molecule has 1 saturated carbocycles. The lowest BCUT2D eigenvalue weighted by molar-refractivity contribution is 0.0393. The summed E-state index contributed by atoms with van der Waals surface area (Å²) < 4.78 is 7.27. The number of carboxylic acids is 1. The van der Waals surface area contributed by atoms with Gasteiger partial charge in [-0.3, -0.25) is 4.90 Å². The number of likely N-dealkylation sites (N-methyl/N-ethyl adjacent to an activating group) is 1. The van der Waals surface area contributed by atoms with Gasteiger partial charge < -0.3 is 14.7 Å². The number of morpholine rings is 1. The van der Waals surface area contributed by atoms with Crippen LogP contribution in [0.15, 0.2) is 36.4 Å². The average molecular weight is 436 g/mol. The Kier molecular flexibility index (Phi) is 5.80. The smallest absolute Gasteiger partial charge is 0.354 e. The van der Waals surface area contributed by atoms with Crippen LogP contribution < -0.4 is 4.90 Å². The van der Waals surface area contributed by atoms with Crippen LogP contribution in [0.5, 0.6) is 0 Å². The summed E-state index contributed by atoms with van der Waals surface area (Å²) in [7, 11) is 2.03. The molecule has 0 radical (unpaired) electrons. The molecular formula is C24H29N5O3. The molecule has 0 amide bonds. The average Bonchev–Trinajstić information content (AvgIpc) is 3.16. The number of hydrogen-bond donors (Lipinski definition) is 1. The number of rotatable bonds is 7. The van der Waals surface area contributed by atoms with Crippen molar-refractivity contribution in [1.29, 1.82) is 0 Å². The normalized spacial score (nSPS) is 17.4. The highest BCUT2D eigenvalue weighted by atomic mass is 16.5. The highest BCUT2D eigenvalue weighted by Crippen LogP contribution is 2.42. The van der Waals surface area contributed by atoms with Crippen molar-refractivity contribution in [1.82, 2.24) is 19.7 Å². The lowest BCUT2D eigenvalue weighted by atomic mass is 9.82. The maximum absolute atomic E-state index is 11.9. The van der Waals surface area contributed by atoms with Gasteiger partial charge in [0.25, 0.3) is 0 Å². The van der Waals surface area contributed by atoms with E-state index in [9.17, 15) is 9.90 Å². The largest absolute Gasteiger partial charge is 0.477 e. The van der Waals surface area contributed by atoms with Crippen LogP contribution >= 0.6 is 0 Å². The van der Waals surface area contributed by atoms with E-state index in [1.165, 1.54) is 6.42 Å². The molecule has 0 bridgehead atoms. The molecule has 32 heavy (non-hydrogen) atoms. The van der Waals surface area contributed by atoms with Gasteiger partial charge in [0.1, 0.15) is 0 Å². The van der Waals surface area contributed by atoms with Crippen molar-refractivity contribution in [3.05, 3.63) is 47.8 Å². The Morgan fingerprint density at radius 3 is 2.62 bits per heavy atom. The second-order valence-electron chi connectivity index (χ2n) is 8.67. The summed E-state index contributed by atoms with van der Waals surface area (Å²) in [6, 6.07) is 11.6. The SMILES string of the molecule is CN(CCN1CCOCC1)c1cc(C(=O)O)nc2c1c(C1CCC1)nn2-c1ccccc1. The number of benzene rings is 1. The third-order valence-electron chi connectivity index (χ3n) is 6.62. The van der Waals surface area contributed by atoms with E-state index >= 15 is 0 Å². The number of carbonyl (C=O) groups is 1. The molecule has 168 valence electrons. The summed E-state index contributed by atoms with van der Waals surface area (Å²) >= 11 is 0. The molecule has 1 saturated heterocycles. The van der Waals surface area contributed by atoms with Gasteiger partial charge in [0.15, 0.2) is 11.3 Å². The number of pyridine rings is 1. The second-order valence-corrected chi connectivity index (χ2v) is 8.67. The van der Waals surface area contributed by atoms with Crippen LogP contribution in [0.3, 0.4) is 0 Å². The van der Waals surface area contributed by atoms with Gasteiger partial charge in [-0.1, -0.05) is 24.6 Å². The van der Waals surface area contributed by atoms with Crippen molar-refractivity contribution in [2.24, 2.45) is 0 Å². The molecule has 1 aliphatic heterocycles. The maximum Gasteiger partial charge on any atom is 0.354 e. The van der Waals surface area contributed by atoms with E-state index in [0.717, 1.165) is 74.7 Å². The van der Waals surface area contributed by atoms with Gasteiger partial charge in [-0.25, -0.2) is 14.5 Å². The van der Waals surface area contributed by atoms with Gasteiger partial charge in [0.2, 0.25) is 0 Å². The van der Waals surface area contributed by atoms with Crippen molar-refractivity contribution in [2.45, 2.75) is 25.2 Å². The van der Waals surface area contributed by atoms with Crippen LogP contribution in [-0.4, -0.2) is 77.2 Å². The van der Waals surface area contributed by atoms with Crippen LogP contribution in [-0.2, 0) is 4.74 Å². The minimum absolute atomic E-state index is 0.0444. The van der Waals surface area contributed by atoms with Crippen LogP contribution in [0.2, 0.25) is 0 Å². The fourth-order valence-corrected chi connectivity index (χ4v) is 4.49. The van der Waals surface area contributed by atoms with Crippen molar-refractivity contribution in [3.8, 4) is 5.69 Å². The first-order valence-electron chi connectivity index (χ1n) is 11.4. The molecular weight excluding hydrogens is 406 g/mol. The maximum atomic E-state index is 11.9. The molecule has 2 fully saturated rings. The molecule has 0 spiro atoms. The summed E-state index contributed by atoms with van der Waals surface area (Å²) in [6.45, 7) is 5.08. The summed E-state index contributed by atoms with van der Waals surface area (Å²) in [5.74, 6) is -0.632. The Labute approximate surface area is 187 Å². The number of anilines is 1. The number of aromatic nitrogens is 3. The molecule has 0 unspecified atom stereocenters. The summed E-state index contributed by atoms with van der Waals surface area (Å²) in [5.41, 5.74) is 3.48. The monoisotopic (exact) mass is 435 g/mol. The minimum Gasteiger partial charge on any atom is -0.477 e. The van der Waals surface area contributed by atoms with Crippen molar-refractivity contribution in [3.63, 3.8) is 0 Å². The number of hydrogen-bond acceptors (Lipinski definition) is 6. The molecule has 2 aromatic heterocycles. The van der Waals surface area contributed by atoms with E-state index in [2.05, 4.69) is 14.8 Å². The Bertz CT molecular complexity index is 1100. The van der Waals surface area contributed by atoms with Crippen molar-refractivity contribution >= 4 is 22.7 Å². The number of ether oxygens (including phenoxy) is 1. The Morgan fingerprint density at radius 1 is 1.22 bits per heavy atom. The van der Waals surface area contributed by atoms with E-state index in [0.29, 0.717) is 11.6 Å². The van der Waals surface area contributed by atoms with Gasteiger partial charge in [-0.2, -0.15) is 5.10 Å². The minimum atomic E-state index is -1.03. The van der Waals surface area contributed by atoms with Gasteiger partial charge >= 0.3 is 5.97 Å². The fraction of sp³-hybridized carbons (Fsp3) is 0.458. The van der Waals surface area contributed by atoms with Gasteiger partial charge in [-0.15, -0.1) is 0 Å². The first-order chi connectivity index (χ1) is 15.6. The van der Waals surface area contributed by atoms with E-state index in [-0.39, 0.29) is 5.69 Å². The van der Waals surface area contributed by atoms with E-state index < -0.39 is 5.97 Å². The van der Waals surface area contributed by atoms with Crippen LogP contribution in [0.1, 0.15) is 41.4 Å². The number of aromatic carboxylic acids is 1. The Hall–Kier alpha value is -2.97. The lowest BCUT2D eigenvalue weighted by Gasteiger charge is -2.30. The van der Waals surface area contributed by atoms with Crippen LogP contribution in [0.4, 0.5) is 5.69 Å². The van der Waals surface area contributed by atoms with E-state index in [1.54, 1.807) is 6.07 Å². The topological polar surface area (TPSA) is 83.7 Å². The molecule has 0 atom stereocenters. The Morgan fingerprint density at radius 2 is 1.97 bits per heavy atom. The zero-order chi connectivity index (χ0) is 22.1. The van der Waals surface area contributed by atoms with Gasteiger partial charge in [0, 0.05) is 39.1 Å². The molecule has 5 rings (SSSR count). The number of carboxylic acid groups (broad SMARTS) is 1. The molecule has 1 aliphatic carbocycles. The standard InChI is InChI=1S/C24H29N5O3/c1-27(10-11-28-12-14-32-15-13-28)20-16-19(24(30)31)25-23-21(20)22(17-6-5-7-17)26-29(23)18-8-3-2-4-9-18/h2-4,8-9,16-17H,5-7,10-15H2,1H3,(H,30,31). The molecule has 3 aromatic rings. The van der Waals surface area contributed by atoms with E-state index in [4.69, 9.17) is 9.84 Å². The number of nitrogens with zero attached hydrogens (tertiary/aromatic N) is 5. The first-order valence-corrected chi connectivity index (χ1v) is 11.4. The number of fused-ring (bicyclic) bond motifs is 1. The highest BCUT2D eigenvalue weighted by molar-refractivity contribution is 5.98. The van der Waals surface area contributed by atoms with Crippen LogP contribution in [0, 0.1) is 0 Å². The highest BCUT2D eigenvalue weighted by Gasteiger charge is 2.30. The summed E-state index contributed by atoms with van der Waals surface area (Å²) in [6.07, 6.45) is 3.42. The lowest BCUT2D eigenvalue weighted by Crippen LogP contribution is -2.40. The van der Waals surface area contributed by atoms with Crippen LogP contribution in [0.25, 0.3) is 16.7 Å². The second kappa shape index (κ2) is 8.88.